The SMILES string of the molecule is CCOC(OCC)C1COCCC1CC. The van der Waals surface area contributed by atoms with Crippen molar-refractivity contribution in [1.82, 2.24) is 0 Å². The van der Waals surface area contributed by atoms with Gasteiger partial charge in [0.05, 0.1) is 6.61 Å². The molecule has 3 nitrogen and oxygen atoms in total. The van der Waals surface area contributed by atoms with Crippen LogP contribution in [0.5, 0.6) is 0 Å². The van der Waals surface area contributed by atoms with E-state index in [4.69, 9.17) is 14.2 Å². The first-order valence-electron chi connectivity index (χ1n) is 6.14. The van der Waals surface area contributed by atoms with Crippen molar-refractivity contribution in [2.75, 3.05) is 26.4 Å². The predicted octanol–water partition coefficient (Wildman–Crippen LogP) is 2.45. The summed E-state index contributed by atoms with van der Waals surface area (Å²) in [7, 11) is 0. The van der Waals surface area contributed by atoms with Crippen LogP contribution in [0.25, 0.3) is 0 Å². The largest absolute Gasteiger partial charge is 0.381 e. The summed E-state index contributed by atoms with van der Waals surface area (Å²) in [5, 5.41) is 0. The van der Waals surface area contributed by atoms with Gasteiger partial charge in [-0.15, -0.1) is 0 Å². The molecular formula is C12H24O3. The zero-order valence-corrected chi connectivity index (χ0v) is 10.2. The highest BCUT2D eigenvalue weighted by Crippen LogP contribution is 2.29. The van der Waals surface area contributed by atoms with E-state index >= 15 is 0 Å². The average Bonchev–Trinajstić information content (AvgIpc) is 2.29. The Morgan fingerprint density at radius 2 is 1.87 bits per heavy atom. The quantitative estimate of drug-likeness (QED) is 0.638. The van der Waals surface area contributed by atoms with Gasteiger partial charge in [0.1, 0.15) is 0 Å². The van der Waals surface area contributed by atoms with E-state index in [9.17, 15) is 0 Å². The Morgan fingerprint density at radius 3 is 2.40 bits per heavy atom. The van der Waals surface area contributed by atoms with Gasteiger partial charge >= 0.3 is 0 Å². The molecular weight excluding hydrogens is 192 g/mol. The third kappa shape index (κ3) is 3.74. The first kappa shape index (κ1) is 12.9. The number of ether oxygens (including phenoxy) is 3. The van der Waals surface area contributed by atoms with Crippen molar-refractivity contribution in [3.8, 4) is 0 Å². The second kappa shape index (κ2) is 7.20. The lowest BCUT2D eigenvalue weighted by Crippen LogP contribution is -2.39. The summed E-state index contributed by atoms with van der Waals surface area (Å²) in [6, 6.07) is 0. The molecule has 1 fully saturated rings. The van der Waals surface area contributed by atoms with Crippen molar-refractivity contribution in [2.24, 2.45) is 11.8 Å². The lowest BCUT2D eigenvalue weighted by Gasteiger charge is -2.35. The van der Waals surface area contributed by atoms with Crippen LogP contribution in [0.4, 0.5) is 0 Å². The van der Waals surface area contributed by atoms with Gasteiger partial charge < -0.3 is 14.2 Å². The minimum absolute atomic E-state index is 0.0785. The maximum absolute atomic E-state index is 5.65. The molecule has 1 aliphatic rings. The molecule has 15 heavy (non-hydrogen) atoms. The van der Waals surface area contributed by atoms with Crippen molar-refractivity contribution in [1.29, 1.82) is 0 Å². The second-order valence-electron chi connectivity index (χ2n) is 3.97. The molecule has 0 aromatic carbocycles. The third-order valence-electron chi connectivity index (χ3n) is 3.08. The summed E-state index contributed by atoms with van der Waals surface area (Å²) in [6.07, 6.45) is 2.24. The molecule has 0 saturated carbocycles. The minimum Gasteiger partial charge on any atom is -0.381 e. The van der Waals surface area contributed by atoms with Gasteiger partial charge in [-0.05, 0) is 26.2 Å². The standard InChI is InChI=1S/C12H24O3/c1-4-10-7-8-13-9-11(10)12(14-5-2)15-6-3/h10-12H,4-9H2,1-3H3. The lowest BCUT2D eigenvalue weighted by atomic mass is 9.86. The molecule has 0 bridgehead atoms. The zero-order chi connectivity index (χ0) is 11.1. The summed E-state index contributed by atoms with van der Waals surface area (Å²) < 4.78 is 16.8. The maximum Gasteiger partial charge on any atom is 0.162 e. The van der Waals surface area contributed by atoms with Crippen molar-refractivity contribution in [3.63, 3.8) is 0 Å². The highest BCUT2D eigenvalue weighted by atomic mass is 16.7. The van der Waals surface area contributed by atoms with Gasteiger partial charge in [0, 0.05) is 25.7 Å². The van der Waals surface area contributed by atoms with Gasteiger partial charge in [0.25, 0.3) is 0 Å². The van der Waals surface area contributed by atoms with Crippen LogP contribution >= 0.6 is 0 Å². The van der Waals surface area contributed by atoms with Crippen LogP contribution in [0, 0.1) is 11.8 Å². The van der Waals surface area contributed by atoms with Crippen molar-refractivity contribution >= 4 is 0 Å². The van der Waals surface area contributed by atoms with E-state index in [1.165, 1.54) is 6.42 Å². The fourth-order valence-corrected chi connectivity index (χ4v) is 2.24. The van der Waals surface area contributed by atoms with Crippen molar-refractivity contribution < 1.29 is 14.2 Å². The Kier molecular flexibility index (Phi) is 6.22. The molecule has 0 amide bonds. The Morgan fingerprint density at radius 1 is 1.20 bits per heavy atom. The molecule has 90 valence electrons. The average molecular weight is 216 g/mol. The van der Waals surface area contributed by atoms with E-state index in [1.54, 1.807) is 0 Å². The zero-order valence-electron chi connectivity index (χ0n) is 10.2. The minimum atomic E-state index is -0.0785. The topological polar surface area (TPSA) is 27.7 Å². The Balaban J connectivity index is 2.53. The van der Waals surface area contributed by atoms with Crippen molar-refractivity contribution in [3.05, 3.63) is 0 Å². The molecule has 0 radical (unpaired) electrons. The fraction of sp³-hybridized carbons (Fsp3) is 1.00. The normalized spacial score (nSPS) is 27.2. The Labute approximate surface area is 93.1 Å². The lowest BCUT2D eigenvalue weighted by molar-refractivity contribution is -0.200. The molecule has 0 aromatic rings. The molecule has 0 N–H and O–H groups in total. The molecule has 0 aromatic heterocycles. The van der Waals surface area contributed by atoms with Gasteiger partial charge in [-0.25, -0.2) is 0 Å². The van der Waals surface area contributed by atoms with Gasteiger partial charge in [0.2, 0.25) is 0 Å². The van der Waals surface area contributed by atoms with Crippen molar-refractivity contribution in [2.45, 2.75) is 39.9 Å². The number of rotatable bonds is 6. The monoisotopic (exact) mass is 216 g/mol. The maximum atomic E-state index is 5.65. The van der Waals surface area contributed by atoms with Gasteiger partial charge in [0.15, 0.2) is 6.29 Å². The van der Waals surface area contributed by atoms with E-state index in [0.717, 1.165) is 19.6 Å². The molecule has 1 heterocycles. The second-order valence-corrected chi connectivity index (χ2v) is 3.97. The first-order valence-corrected chi connectivity index (χ1v) is 6.14. The molecule has 2 atom stereocenters. The highest BCUT2D eigenvalue weighted by molar-refractivity contribution is 4.75. The van der Waals surface area contributed by atoms with Gasteiger partial charge in [-0.1, -0.05) is 13.3 Å². The summed E-state index contributed by atoms with van der Waals surface area (Å²) in [5.74, 6) is 1.09. The Hall–Kier alpha value is -0.120. The smallest absolute Gasteiger partial charge is 0.162 e. The van der Waals surface area contributed by atoms with E-state index in [2.05, 4.69) is 6.92 Å². The van der Waals surface area contributed by atoms with E-state index in [1.807, 2.05) is 13.8 Å². The van der Waals surface area contributed by atoms with Crippen LogP contribution in [0.15, 0.2) is 0 Å². The molecule has 1 saturated heterocycles. The van der Waals surface area contributed by atoms with Crippen LogP contribution in [-0.4, -0.2) is 32.7 Å². The Bertz CT molecular complexity index is 155. The summed E-state index contributed by atoms with van der Waals surface area (Å²) >= 11 is 0. The first-order chi connectivity index (χ1) is 7.33. The molecule has 0 spiro atoms. The molecule has 3 heteroatoms. The summed E-state index contributed by atoms with van der Waals surface area (Å²) in [5.41, 5.74) is 0. The molecule has 1 rings (SSSR count). The van der Waals surface area contributed by atoms with Crippen LogP contribution in [0.3, 0.4) is 0 Å². The number of hydrogen-bond acceptors (Lipinski definition) is 3. The summed E-state index contributed by atoms with van der Waals surface area (Å²) in [6.45, 7) is 9.34. The molecule has 1 aliphatic heterocycles. The van der Waals surface area contributed by atoms with Crippen LogP contribution in [0.2, 0.25) is 0 Å². The van der Waals surface area contributed by atoms with Gasteiger partial charge in [-0.2, -0.15) is 0 Å². The third-order valence-corrected chi connectivity index (χ3v) is 3.08. The van der Waals surface area contributed by atoms with Crippen LogP contribution in [0.1, 0.15) is 33.6 Å². The molecule has 0 aliphatic carbocycles. The fourth-order valence-electron chi connectivity index (χ4n) is 2.24. The predicted molar refractivity (Wildman–Crippen MR) is 59.7 cm³/mol. The van der Waals surface area contributed by atoms with Gasteiger partial charge in [-0.3, -0.25) is 0 Å². The summed E-state index contributed by atoms with van der Waals surface area (Å²) in [4.78, 5) is 0. The van der Waals surface area contributed by atoms with E-state index in [0.29, 0.717) is 25.0 Å². The molecule has 2 unspecified atom stereocenters. The van der Waals surface area contributed by atoms with Crippen LogP contribution in [-0.2, 0) is 14.2 Å². The number of hydrogen-bond donors (Lipinski definition) is 0. The van der Waals surface area contributed by atoms with E-state index in [-0.39, 0.29) is 6.29 Å². The van der Waals surface area contributed by atoms with Crippen LogP contribution < -0.4 is 0 Å². The van der Waals surface area contributed by atoms with E-state index < -0.39 is 0 Å². The highest BCUT2D eigenvalue weighted by Gasteiger charge is 2.32.